The number of hydrogen-bond donors (Lipinski definition) is 2. The first-order valence-electron chi connectivity index (χ1n) is 6.42. The Morgan fingerprint density at radius 3 is 2.65 bits per heavy atom. The Kier molecular flexibility index (Phi) is 7.50. The Morgan fingerprint density at radius 1 is 1.35 bits per heavy atom. The van der Waals surface area contributed by atoms with E-state index in [2.05, 4.69) is 17.2 Å². The van der Waals surface area contributed by atoms with Gasteiger partial charge in [0.25, 0.3) is 5.91 Å². The summed E-state index contributed by atoms with van der Waals surface area (Å²) in [6, 6.07) is 8.37. The molecule has 2 N–H and O–H groups in total. The number of benzene rings is 1. The highest BCUT2D eigenvalue weighted by atomic mass is 32.2. The van der Waals surface area contributed by atoms with Gasteiger partial charge in [-0.3, -0.25) is 9.59 Å². The van der Waals surface area contributed by atoms with Crippen molar-refractivity contribution in [3.8, 4) is 0 Å². The van der Waals surface area contributed by atoms with Crippen molar-refractivity contribution < 1.29 is 9.59 Å². The Balaban J connectivity index is 2.66. The van der Waals surface area contributed by atoms with Gasteiger partial charge in [0.1, 0.15) is 6.04 Å². The number of thioether (sulfide) groups is 1. The predicted octanol–water partition coefficient (Wildman–Crippen LogP) is 1.84. The van der Waals surface area contributed by atoms with Crippen LogP contribution in [0.3, 0.4) is 0 Å². The van der Waals surface area contributed by atoms with E-state index in [0.717, 1.165) is 5.75 Å². The topological polar surface area (TPSA) is 58.2 Å². The van der Waals surface area contributed by atoms with Crippen molar-refractivity contribution in [1.82, 2.24) is 10.6 Å². The summed E-state index contributed by atoms with van der Waals surface area (Å²) < 4.78 is 0. The number of rotatable bonds is 8. The lowest BCUT2D eigenvalue weighted by molar-refractivity contribution is -0.122. The van der Waals surface area contributed by atoms with E-state index in [1.807, 2.05) is 12.3 Å². The van der Waals surface area contributed by atoms with Crippen molar-refractivity contribution >= 4 is 23.6 Å². The lowest BCUT2D eigenvalue weighted by Crippen LogP contribution is -2.47. The molecule has 0 spiro atoms. The van der Waals surface area contributed by atoms with E-state index in [1.165, 1.54) is 0 Å². The van der Waals surface area contributed by atoms with E-state index in [-0.39, 0.29) is 11.8 Å². The van der Waals surface area contributed by atoms with Gasteiger partial charge in [0.2, 0.25) is 5.91 Å². The highest BCUT2D eigenvalue weighted by Crippen LogP contribution is 2.04. The van der Waals surface area contributed by atoms with Crippen LogP contribution in [0.1, 0.15) is 16.8 Å². The van der Waals surface area contributed by atoms with Gasteiger partial charge in [-0.05, 0) is 30.6 Å². The van der Waals surface area contributed by atoms with E-state index >= 15 is 0 Å². The maximum absolute atomic E-state index is 12.1. The molecule has 0 saturated heterocycles. The Morgan fingerprint density at radius 2 is 2.05 bits per heavy atom. The van der Waals surface area contributed by atoms with E-state index in [9.17, 15) is 9.59 Å². The van der Waals surface area contributed by atoms with Gasteiger partial charge in [-0.1, -0.05) is 24.3 Å². The van der Waals surface area contributed by atoms with Crippen LogP contribution in [0.15, 0.2) is 43.0 Å². The van der Waals surface area contributed by atoms with E-state index in [4.69, 9.17) is 0 Å². The normalized spacial score (nSPS) is 11.4. The zero-order valence-corrected chi connectivity index (χ0v) is 12.4. The molecule has 20 heavy (non-hydrogen) atoms. The molecule has 1 rings (SSSR count). The molecule has 108 valence electrons. The van der Waals surface area contributed by atoms with Crippen LogP contribution >= 0.6 is 11.8 Å². The third-order valence-corrected chi connectivity index (χ3v) is 3.33. The molecule has 1 atom stereocenters. The summed E-state index contributed by atoms with van der Waals surface area (Å²) in [6.07, 6.45) is 4.18. The minimum absolute atomic E-state index is 0.178. The number of nitrogens with one attached hydrogen (secondary N) is 2. The molecule has 0 aromatic heterocycles. The minimum atomic E-state index is -0.518. The third kappa shape index (κ3) is 5.48. The zero-order valence-electron chi connectivity index (χ0n) is 11.6. The van der Waals surface area contributed by atoms with Crippen molar-refractivity contribution in [3.05, 3.63) is 48.6 Å². The summed E-state index contributed by atoms with van der Waals surface area (Å²) in [5, 5.41) is 5.50. The Hall–Kier alpha value is -1.75. The van der Waals surface area contributed by atoms with Crippen LogP contribution in [-0.4, -0.2) is 36.4 Å². The Labute approximate surface area is 124 Å². The van der Waals surface area contributed by atoms with Crippen molar-refractivity contribution in [1.29, 1.82) is 0 Å². The SMILES string of the molecule is C=CCNC(=O)C(CCSC)NC(=O)c1ccccc1. The van der Waals surface area contributed by atoms with Crippen molar-refractivity contribution in [2.75, 3.05) is 18.6 Å². The molecular formula is C15H20N2O2S. The number of carbonyl (C=O) groups excluding carboxylic acids is 2. The minimum Gasteiger partial charge on any atom is -0.351 e. The van der Waals surface area contributed by atoms with E-state index in [0.29, 0.717) is 18.5 Å². The highest BCUT2D eigenvalue weighted by Gasteiger charge is 2.20. The fourth-order valence-corrected chi connectivity index (χ4v) is 2.10. The van der Waals surface area contributed by atoms with E-state index < -0.39 is 6.04 Å². The average Bonchev–Trinajstić information content (AvgIpc) is 2.49. The average molecular weight is 292 g/mol. The zero-order chi connectivity index (χ0) is 14.8. The monoisotopic (exact) mass is 292 g/mol. The molecule has 0 heterocycles. The maximum Gasteiger partial charge on any atom is 0.251 e. The molecule has 4 nitrogen and oxygen atoms in total. The summed E-state index contributed by atoms with van der Waals surface area (Å²) in [4.78, 5) is 24.1. The molecule has 0 saturated carbocycles. The van der Waals surface area contributed by atoms with Crippen LogP contribution in [0.25, 0.3) is 0 Å². The van der Waals surface area contributed by atoms with Gasteiger partial charge < -0.3 is 10.6 Å². The van der Waals surface area contributed by atoms with Gasteiger partial charge in [0.15, 0.2) is 0 Å². The number of carbonyl (C=O) groups is 2. The quantitative estimate of drug-likeness (QED) is 0.719. The smallest absolute Gasteiger partial charge is 0.251 e. The summed E-state index contributed by atoms with van der Waals surface area (Å²) in [7, 11) is 0. The van der Waals surface area contributed by atoms with Gasteiger partial charge in [-0.2, -0.15) is 11.8 Å². The lowest BCUT2D eigenvalue weighted by Gasteiger charge is -2.17. The van der Waals surface area contributed by atoms with Gasteiger partial charge in [-0.15, -0.1) is 6.58 Å². The molecule has 0 aliphatic rings. The van der Waals surface area contributed by atoms with Gasteiger partial charge in [-0.25, -0.2) is 0 Å². The molecule has 0 fully saturated rings. The van der Waals surface area contributed by atoms with Crippen LogP contribution in [0.5, 0.6) is 0 Å². The standard InChI is InChI=1S/C15H20N2O2S/c1-3-10-16-15(19)13(9-11-20-2)17-14(18)12-7-5-4-6-8-12/h3-8,13H,1,9-11H2,2H3,(H,16,19)(H,17,18). The summed E-state index contributed by atoms with van der Waals surface area (Å²) in [5.74, 6) is 0.398. The van der Waals surface area contributed by atoms with E-state index in [1.54, 1.807) is 42.1 Å². The van der Waals surface area contributed by atoms with Crippen molar-refractivity contribution in [3.63, 3.8) is 0 Å². The second kappa shape index (κ2) is 9.20. The fraction of sp³-hybridized carbons (Fsp3) is 0.333. The first-order chi connectivity index (χ1) is 9.69. The second-order valence-corrected chi connectivity index (χ2v) is 5.19. The molecule has 5 heteroatoms. The third-order valence-electron chi connectivity index (χ3n) is 2.69. The summed E-state index contributed by atoms with van der Waals surface area (Å²) in [6.45, 7) is 3.96. The maximum atomic E-state index is 12.1. The molecular weight excluding hydrogens is 272 g/mol. The Bertz CT molecular complexity index is 448. The number of hydrogen-bond acceptors (Lipinski definition) is 3. The predicted molar refractivity (Wildman–Crippen MR) is 83.9 cm³/mol. The first kappa shape index (κ1) is 16.3. The van der Waals surface area contributed by atoms with Crippen LogP contribution < -0.4 is 10.6 Å². The molecule has 1 aromatic rings. The molecule has 0 aliphatic heterocycles. The molecule has 1 unspecified atom stereocenters. The molecule has 0 aliphatic carbocycles. The van der Waals surface area contributed by atoms with Crippen molar-refractivity contribution in [2.45, 2.75) is 12.5 Å². The van der Waals surface area contributed by atoms with Crippen LogP contribution in [0, 0.1) is 0 Å². The molecule has 0 radical (unpaired) electrons. The lowest BCUT2D eigenvalue weighted by atomic mass is 10.1. The van der Waals surface area contributed by atoms with Crippen LogP contribution in [0.4, 0.5) is 0 Å². The van der Waals surface area contributed by atoms with Gasteiger partial charge in [0, 0.05) is 12.1 Å². The first-order valence-corrected chi connectivity index (χ1v) is 7.82. The molecule has 1 aromatic carbocycles. The van der Waals surface area contributed by atoms with Crippen molar-refractivity contribution in [2.24, 2.45) is 0 Å². The van der Waals surface area contributed by atoms with Gasteiger partial charge in [0.05, 0.1) is 0 Å². The number of amides is 2. The second-order valence-electron chi connectivity index (χ2n) is 4.21. The summed E-state index contributed by atoms with van der Waals surface area (Å²) in [5.41, 5.74) is 0.554. The molecule has 0 bridgehead atoms. The largest absolute Gasteiger partial charge is 0.351 e. The van der Waals surface area contributed by atoms with Gasteiger partial charge >= 0.3 is 0 Å². The fourth-order valence-electron chi connectivity index (χ4n) is 1.63. The summed E-state index contributed by atoms with van der Waals surface area (Å²) >= 11 is 1.64. The highest BCUT2D eigenvalue weighted by molar-refractivity contribution is 7.98. The van der Waals surface area contributed by atoms with Crippen LogP contribution in [-0.2, 0) is 4.79 Å². The van der Waals surface area contributed by atoms with Crippen LogP contribution in [0.2, 0.25) is 0 Å². The molecule has 2 amide bonds.